The number of aromatic nitrogens is 2. The third-order valence-electron chi connectivity index (χ3n) is 6.08. The number of nitrogens with zero attached hydrogens (tertiary/aromatic N) is 2. The number of hydrogen-bond donors (Lipinski definition) is 3. The van der Waals surface area contributed by atoms with Gasteiger partial charge < -0.3 is 24.9 Å². The van der Waals surface area contributed by atoms with Gasteiger partial charge in [0.05, 0.1) is 12.3 Å². The molecule has 0 aliphatic carbocycles. The number of rotatable bonds is 12. The zero-order chi connectivity index (χ0) is 28.5. The number of ether oxygens (including phenoxy) is 1. The molecule has 0 atom stereocenters. The van der Waals surface area contributed by atoms with Crippen LogP contribution in [0.2, 0.25) is 0 Å². The summed E-state index contributed by atoms with van der Waals surface area (Å²) in [7, 11) is 0. The van der Waals surface area contributed by atoms with E-state index in [4.69, 9.17) is 14.3 Å². The molecule has 0 aliphatic rings. The molecule has 2 heterocycles. The van der Waals surface area contributed by atoms with E-state index < -0.39 is 5.97 Å². The van der Waals surface area contributed by atoms with Gasteiger partial charge in [-0.25, -0.2) is 4.98 Å². The van der Waals surface area contributed by atoms with E-state index in [0.717, 1.165) is 22.4 Å². The lowest BCUT2D eigenvalue weighted by Gasteiger charge is -2.13. The van der Waals surface area contributed by atoms with Crippen LogP contribution in [0.4, 0.5) is 5.69 Å². The molecular formula is C30H30N4O6. The van der Waals surface area contributed by atoms with Crippen LogP contribution in [0.15, 0.2) is 71.3 Å². The number of oxazole rings is 1. The van der Waals surface area contributed by atoms with Gasteiger partial charge in [0, 0.05) is 43.8 Å². The Labute approximate surface area is 231 Å². The summed E-state index contributed by atoms with van der Waals surface area (Å²) in [4.78, 5) is 43.5. The van der Waals surface area contributed by atoms with Gasteiger partial charge in [0.25, 0.3) is 5.91 Å². The zero-order valence-corrected chi connectivity index (χ0v) is 22.3. The molecule has 0 spiro atoms. The van der Waals surface area contributed by atoms with E-state index in [-0.39, 0.29) is 24.8 Å². The van der Waals surface area contributed by atoms with Gasteiger partial charge in [0.15, 0.2) is 0 Å². The van der Waals surface area contributed by atoms with Crippen molar-refractivity contribution in [3.8, 4) is 17.2 Å². The number of hydrogen-bond acceptors (Lipinski definition) is 7. The number of carbonyl (C=O) groups excluding carboxylic acids is 2. The maximum absolute atomic E-state index is 12.5. The Morgan fingerprint density at radius 2 is 1.80 bits per heavy atom. The average molecular weight is 543 g/mol. The van der Waals surface area contributed by atoms with Gasteiger partial charge in [-0.1, -0.05) is 12.1 Å². The molecule has 2 aromatic heterocycles. The molecule has 0 aliphatic heterocycles. The van der Waals surface area contributed by atoms with Crippen LogP contribution < -0.4 is 15.4 Å². The van der Waals surface area contributed by atoms with Crippen molar-refractivity contribution in [1.29, 1.82) is 0 Å². The molecule has 10 nitrogen and oxygen atoms in total. The number of carboxylic acid groups (broad SMARTS) is 1. The number of carboxylic acids is 1. The molecule has 0 saturated heterocycles. The van der Waals surface area contributed by atoms with Crippen LogP contribution >= 0.6 is 0 Å². The van der Waals surface area contributed by atoms with E-state index in [9.17, 15) is 14.4 Å². The fourth-order valence-electron chi connectivity index (χ4n) is 4.05. The fourth-order valence-corrected chi connectivity index (χ4v) is 4.05. The van der Waals surface area contributed by atoms with E-state index in [2.05, 4.69) is 20.6 Å². The lowest BCUT2D eigenvalue weighted by atomic mass is 10.0. The second-order valence-corrected chi connectivity index (χ2v) is 9.10. The first-order valence-corrected chi connectivity index (χ1v) is 12.8. The van der Waals surface area contributed by atoms with Gasteiger partial charge in [-0.15, -0.1) is 0 Å². The highest BCUT2D eigenvalue weighted by molar-refractivity contribution is 5.92. The van der Waals surface area contributed by atoms with E-state index in [1.54, 1.807) is 42.6 Å². The second-order valence-electron chi connectivity index (χ2n) is 9.10. The highest BCUT2D eigenvalue weighted by atomic mass is 16.5. The van der Waals surface area contributed by atoms with Crippen molar-refractivity contribution in [3.05, 3.63) is 95.1 Å². The monoisotopic (exact) mass is 542 g/mol. The van der Waals surface area contributed by atoms with Crippen molar-refractivity contribution in [2.75, 3.05) is 11.9 Å². The highest BCUT2D eigenvalue weighted by Crippen LogP contribution is 2.24. The van der Waals surface area contributed by atoms with Gasteiger partial charge in [0.2, 0.25) is 11.8 Å². The first kappa shape index (κ1) is 28.0. The number of anilines is 1. The Kier molecular flexibility index (Phi) is 9.24. The maximum atomic E-state index is 12.5. The predicted octanol–water partition coefficient (Wildman–Crippen LogP) is 4.57. The molecule has 3 N–H and O–H groups in total. The first-order valence-electron chi connectivity index (χ1n) is 12.8. The van der Waals surface area contributed by atoms with E-state index in [1.807, 2.05) is 31.2 Å². The maximum Gasteiger partial charge on any atom is 0.303 e. The summed E-state index contributed by atoms with van der Waals surface area (Å²) in [6, 6.07) is 17.8. The average Bonchev–Trinajstić information content (AvgIpc) is 3.31. The van der Waals surface area contributed by atoms with Gasteiger partial charge in [-0.2, -0.15) is 0 Å². The van der Waals surface area contributed by atoms with Crippen LogP contribution in [0.25, 0.3) is 11.5 Å². The standard InChI is InChI=1S/C30H30N4O6/c1-19-26(34-30(40-19)22-6-10-24(11-7-22)33-20(2)35)14-16-39-25-12-8-21(9-13-28(36)37)23(17-25)18-32-29(38)27-5-3-4-15-31-27/h3-8,10-12,15,17H,9,13-14,16,18H2,1-2H3,(H,32,38)(H,33,35)(H,36,37). The highest BCUT2D eigenvalue weighted by Gasteiger charge is 2.14. The van der Waals surface area contributed by atoms with E-state index in [0.29, 0.717) is 48.2 Å². The van der Waals surface area contributed by atoms with Crippen molar-refractivity contribution in [2.45, 2.75) is 39.7 Å². The smallest absolute Gasteiger partial charge is 0.303 e. The summed E-state index contributed by atoms with van der Waals surface area (Å²) in [6.45, 7) is 3.84. The fraction of sp³-hybridized carbons (Fsp3) is 0.233. The molecule has 206 valence electrons. The molecule has 2 aromatic carbocycles. The van der Waals surface area contributed by atoms with Crippen molar-refractivity contribution in [1.82, 2.24) is 15.3 Å². The minimum absolute atomic E-state index is 0.0227. The second kappa shape index (κ2) is 13.2. The van der Waals surface area contributed by atoms with E-state index in [1.165, 1.54) is 6.92 Å². The minimum atomic E-state index is -0.894. The Hall–Kier alpha value is -4.99. The Balaban J connectivity index is 1.39. The van der Waals surface area contributed by atoms with E-state index >= 15 is 0 Å². The SMILES string of the molecule is CC(=O)Nc1ccc(-c2nc(CCOc3ccc(CCC(=O)O)c(CNC(=O)c4ccccn4)c3)c(C)o2)cc1. The molecule has 4 aromatic rings. The van der Waals surface area contributed by atoms with Crippen LogP contribution in [0.3, 0.4) is 0 Å². The summed E-state index contributed by atoms with van der Waals surface area (Å²) in [6.07, 6.45) is 2.36. The van der Waals surface area contributed by atoms with Gasteiger partial charge in [-0.05, 0) is 73.0 Å². The van der Waals surface area contributed by atoms with Crippen molar-refractivity contribution < 1.29 is 28.6 Å². The zero-order valence-electron chi connectivity index (χ0n) is 22.3. The van der Waals surface area contributed by atoms with Crippen LogP contribution in [-0.4, -0.2) is 39.5 Å². The Morgan fingerprint density at radius 1 is 1.00 bits per heavy atom. The Morgan fingerprint density at radius 3 is 2.50 bits per heavy atom. The summed E-state index contributed by atoms with van der Waals surface area (Å²) in [5, 5.41) is 14.7. The molecule has 40 heavy (non-hydrogen) atoms. The van der Waals surface area contributed by atoms with Crippen LogP contribution in [0.5, 0.6) is 5.75 Å². The van der Waals surface area contributed by atoms with Gasteiger partial charge in [0.1, 0.15) is 17.2 Å². The minimum Gasteiger partial charge on any atom is -0.493 e. The topological polar surface area (TPSA) is 144 Å². The molecule has 0 unspecified atom stereocenters. The van der Waals surface area contributed by atoms with Crippen LogP contribution in [-0.2, 0) is 29.0 Å². The number of aliphatic carboxylic acids is 1. The number of nitrogens with one attached hydrogen (secondary N) is 2. The third kappa shape index (κ3) is 7.76. The lowest BCUT2D eigenvalue weighted by molar-refractivity contribution is -0.137. The number of amides is 2. The van der Waals surface area contributed by atoms with Crippen LogP contribution in [0.1, 0.15) is 46.4 Å². The third-order valence-corrected chi connectivity index (χ3v) is 6.08. The molecule has 2 amide bonds. The molecule has 0 saturated carbocycles. The predicted molar refractivity (Wildman–Crippen MR) is 148 cm³/mol. The molecule has 0 radical (unpaired) electrons. The summed E-state index contributed by atoms with van der Waals surface area (Å²) >= 11 is 0. The number of carbonyl (C=O) groups is 3. The summed E-state index contributed by atoms with van der Waals surface area (Å²) < 4.78 is 11.8. The summed E-state index contributed by atoms with van der Waals surface area (Å²) in [5.74, 6) is 0.407. The molecule has 0 fully saturated rings. The first-order chi connectivity index (χ1) is 19.3. The number of aryl methyl sites for hydroxylation is 2. The van der Waals surface area contributed by atoms with Gasteiger partial charge in [-0.3, -0.25) is 19.4 Å². The molecule has 10 heteroatoms. The largest absolute Gasteiger partial charge is 0.493 e. The van der Waals surface area contributed by atoms with Crippen molar-refractivity contribution in [2.24, 2.45) is 0 Å². The summed E-state index contributed by atoms with van der Waals surface area (Å²) in [5.41, 5.74) is 4.13. The van der Waals surface area contributed by atoms with Crippen LogP contribution in [0, 0.1) is 6.92 Å². The van der Waals surface area contributed by atoms with Gasteiger partial charge >= 0.3 is 5.97 Å². The number of benzene rings is 2. The van der Waals surface area contributed by atoms with Crippen molar-refractivity contribution >= 4 is 23.5 Å². The quantitative estimate of drug-likeness (QED) is 0.236. The van der Waals surface area contributed by atoms with Crippen molar-refractivity contribution in [3.63, 3.8) is 0 Å². The molecule has 4 rings (SSSR count). The number of pyridine rings is 1. The normalized spacial score (nSPS) is 10.7. The lowest BCUT2D eigenvalue weighted by Crippen LogP contribution is -2.24. The Bertz CT molecular complexity index is 1480. The molecular weight excluding hydrogens is 512 g/mol. The molecule has 0 bridgehead atoms.